The zero-order valence-electron chi connectivity index (χ0n) is 13.0. The van der Waals surface area contributed by atoms with Crippen LogP contribution in [0.25, 0.3) is 10.9 Å². The van der Waals surface area contributed by atoms with Crippen molar-refractivity contribution >= 4 is 16.9 Å². The second-order valence-corrected chi connectivity index (χ2v) is 5.91. The molecule has 120 valence electrons. The van der Waals surface area contributed by atoms with Crippen molar-refractivity contribution in [2.75, 3.05) is 6.61 Å². The van der Waals surface area contributed by atoms with E-state index in [1.54, 1.807) is 6.92 Å². The molecule has 3 rings (SSSR count). The zero-order chi connectivity index (χ0) is 16.8. The molecule has 2 aromatic rings. The molecule has 1 unspecified atom stereocenters. The number of carbonyl (C=O) groups is 1. The highest BCUT2D eigenvalue weighted by Crippen LogP contribution is 2.43. The summed E-state index contributed by atoms with van der Waals surface area (Å²) in [5.74, 6) is -1.51. The van der Waals surface area contributed by atoms with Crippen LogP contribution in [0.4, 0.5) is 4.39 Å². The first-order valence-electron chi connectivity index (χ1n) is 7.53. The molecule has 1 aliphatic heterocycles. The van der Waals surface area contributed by atoms with Gasteiger partial charge in [-0.05, 0) is 37.0 Å². The molecular formula is C17H17FN2O3. The van der Waals surface area contributed by atoms with Crippen LogP contribution in [0.2, 0.25) is 0 Å². The number of hydrogen-bond acceptors (Lipinski definition) is 3. The molecule has 2 heterocycles. The molecule has 23 heavy (non-hydrogen) atoms. The van der Waals surface area contributed by atoms with E-state index in [9.17, 15) is 19.6 Å². The molecule has 0 aliphatic carbocycles. The minimum atomic E-state index is -0.964. The third-order valence-corrected chi connectivity index (χ3v) is 4.64. The Morgan fingerprint density at radius 3 is 2.96 bits per heavy atom. The minimum Gasteiger partial charge on any atom is -0.481 e. The van der Waals surface area contributed by atoms with Crippen LogP contribution < -0.4 is 0 Å². The molecule has 1 aromatic carbocycles. The highest BCUT2D eigenvalue weighted by atomic mass is 19.1. The predicted molar refractivity (Wildman–Crippen MR) is 81.6 cm³/mol. The largest absolute Gasteiger partial charge is 0.481 e. The fraction of sp³-hybridized carbons (Fsp3) is 0.412. The van der Waals surface area contributed by atoms with E-state index >= 15 is 0 Å². The number of halogens is 1. The minimum absolute atomic E-state index is 0.00493. The molecule has 0 amide bonds. The molecule has 2 N–H and O–H groups in total. The normalized spacial score (nSPS) is 20.3. The van der Waals surface area contributed by atoms with Gasteiger partial charge in [-0.15, -0.1) is 0 Å². The first-order chi connectivity index (χ1) is 10.9. The number of nitrogens with one attached hydrogen (secondary N) is 1. The van der Waals surface area contributed by atoms with Gasteiger partial charge in [0.2, 0.25) is 0 Å². The Kier molecular flexibility index (Phi) is 3.61. The van der Waals surface area contributed by atoms with E-state index in [0.717, 1.165) is 5.56 Å². The van der Waals surface area contributed by atoms with Gasteiger partial charge in [0.25, 0.3) is 0 Å². The van der Waals surface area contributed by atoms with Crippen LogP contribution in [-0.2, 0) is 21.6 Å². The summed E-state index contributed by atoms with van der Waals surface area (Å²) in [6, 6.07) is 3.26. The molecule has 0 spiro atoms. The number of ether oxygens (including phenoxy) is 1. The van der Waals surface area contributed by atoms with Crippen LogP contribution >= 0.6 is 0 Å². The van der Waals surface area contributed by atoms with Gasteiger partial charge in [0, 0.05) is 5.39 Å². The second-order valence-electron chi connectivity index (χ2n) is 5.91. The highest BCUT2D eigenvalue weighted by molar-refractivity contribution is 5.93. The Morgan fingerprint density at radius 1 is 1.61 bits per heavy atom. The lowest BCUT2D eigenvalue weighted by Gasteiger charge is -2.35. The fourth-order valence-corrected chi connectivity index (χ4v) is 3.52. The van der Waals surface area contributed by atoms with Gasteiger partial charge in [-0.25, -0.2) is 4.39 Å². The van der Waals surface area contributed by atoms with Crippen LogP contribution in [0.3, 0.4) is 0 Å². The summed E-state index contributed by atoms with van der Waals surface area (Å²) < 4.78 is 20.0. The quantitative estimate of drug-likeness (QED) is 0.911. The zero-order valence-corrected chi connectivity index (χ0v) is 13.0. The first-order valence-corrected chi connectivity index (χ1v) is 7.53. The number of aryl methyl sites for hydroxylation is 1. The van der Waals surface area contributed by atoms with Gasteiger partial charge in [0.05, 0.1) is 29.8 Å². The molecule has 5 nitrogen and oxygen atoms in total. The molecule has 1 aromatic heterocycles. The molecule has 0 fully saturated rings. The van der Waals surface area contributed by atoms with Crippen molar-refractivity contribution in [1.29, 1.82) is 5.26 Å². The molecule has 0 saturated heterocycles. The number of aromatic amines is 1. The number of H-pyrrole nitrogens is 1. The monoisotopic (exact) mass is 316 g/mol. The van der Waals surface area contributed by atoms with Crippen molar-refractivity contribution in [3.63, 3.8) is 0 Å². The SMILES string of the molecule is CCC1(CC(=O)O)OCCc2c1[nH]c1c(C)cc(F)c(C#N)c21. The Morgan fingerprint density at radius 2 is 2.35 bits per heavy atom. The third-order valence-electron chi connectivity index (χ3n) is 4.64. The third kappa shape index (κ3) is 2.20. The lowest BCUT2D eigenvalue weighted by molar-refractivity contribution is -0.148. The Labute approximate surface area is 132 Å². The van der Waals surface area contributed by atoms with E-state index in [1.807, 2.05) is 13.0 Å². The van der Waals surface area contributed by atoms with E-state index in [0.29, 0.717) is 41.6 Å². The number of aliphatic carboxylic acids is 1. The summed E-state index contributed by atoms with van der Waals surface area (Å²) in [6.07, 6.45) is 0.823. The fourth-order valence-electron chi connectivity index (χ4n) is 3.52. The van der Waals surface area contributed by atoms with Gasteiger partial charge in [-0.1, -0.05) is 6.92 Å². The number of aromatic nitrogens is 1. The van der Waals surface area contributed by atoms with Crippen LogP contribution in [0.15, 0.2) is 6.07 Å². The standard InChI is InChI=1S/C17H17FN2O3/c1-3-17(7-13(21)22)16-10(4-5-23-17)14-11(8-19)12(18)6-9(2)15(14)20-16/h6,20H,3-5,7H2,1-2H3,(H,21,22). The van der Waals surface area contributed by atoms with Gasteiger partial charge in [-0.3, -0.25) is 4.79 Å². The van der Waals surface area contributed by atoms with Crippen LogP contribution in [-0.4, -0.2) is 22.7 Å². The molecule has 1 aliphatic rings. The number of rotatable bonds is 3. The van der Waals surface area contributed by atoms with Gasteiger partial charge in [0.15, 0.2) is 0 Å². The van der Waals surface area contributed by atoms with Gasteiger partial charge in [-0.2, -0.15) is 5.26 Å². The summed E-state index contributed by atoms with van der Waals surface area (Å²) in [5.41, 5.74) is 1.87. The summed E-state index contributed by atoms with van der Waals surface area (Å²) in [6.45, 7) is 3.98. The number of fused-ring (bicyclic) bond motifs is 3. The Hall–Kier alpha value is -2.39. The van der Waals surface area contributed by atoms with Crippen molar-refractivity contribution in [3.8, 4) is 6.07 Å². The molecular weight excluding hydrogens is 299 g/mol. The number of benzene rings is 1. The van der Waals surface area contributed by atoms with E-state index in [4.69, 9.17) is 4.74 Å². The summed E-state index contributed by atoms with van der Waals surface area (Å²) >= 11 is 0. The van der Waals surface area contributed by atoms with Crippen LogP contribution in [0, 0.1) is 24.1 Å². The maximum atomic E-state index is 14.2. The van der Waals surface area contributed by atoms with E-state index in [-0.39, 0.29) is 12.0 Å². The average molecular weight is 316 g/mol. The van der Waals surface area contributed by atoms with Gasteiger partial charge >= 0.3 is 5.97 Å². The van der Waals surface area contributed by atoms with Crippen molar-refractivity contribution in [3.05, 3.63) is 34.3 Å². The van der Waals surface area contributed by atoms with Crippen LogP contribution in [0.5, 0.6) is 0 Å². The lowest BCUT2D eigenvalue weighted by atomic mass is 9.85. The molecule has 0 radical (unpaired) electrons. The van der Waals surface area contributed by atoms with E-state index in [2.05, 4.69) is 4.98 Å². The topological polar surface area (TPSA) is 86.1 Å². The van der Waals surface area contributed by atoms with Gasteiger partial charge in [0.1, 0.15) is 17.5 Å². The summed E-state index contributed by atoms with van der Waals surface area (Å²) in [5, 5.41) is 19.1. The van der Waals surface area contributed by atoms with Crippen molar-refractivity contribution in [2.45, 2.75) is 38.7 Å². The number of hydrogen-bond donors (Lipinski definition) is 2. The van der Waals surface area contributed by atoms with Crippen molar-refractivity contribution < 1.29 is 19.0 Å². The summed E-state index contributed by atoms with van der Waals surface area (Å²) in [7, 11) is 0. The Bertz CT molecular complexity index is 850. The smallest absolute Gasteiger partial charge is 0.306 e. The van der Waals surface area contributed by atoms with Crippen molar-refractivity contribution in [1.82, 2.24) is 4.98 Å². The number of nitrogens with zero attached hydrogens (tertiary/aromatic N) is 1. The maximum Gasteiger partial charge on any atom is 0.306 e. The van der Waals surface area contributed by atoms with E-state index in [1.165, 1.54) is 6.07 Å². The highest BCUT2D eigenvalue weighted by Gasteiger charge is 2.41. The molecule has 1 atom stereocenters. The first kappa shape index (κ1) is 15.5. The molecule has 0 bridgehead atoms. The van der Waals surface area contributed by atoms with E-state index < -0.39 is 17.4 Å². The van der Waals surface area contributed by atoms with Gasteiger partial charge < -0.3 is 14.8 Å². The molecule has 6 heteroatoms. The number of carboxylic acids is 1. The summed E-state index contributed by atoms with van der Waals surface area (Å²) in [4.78, 5) is 14.5. The maximum absolute atomic E-state index is 14.2. The average Bonchev–Trinajstić information content (AvgIpc) is 2.89. The van der Waals surface area contributed by atoms with Crippen molar-refractivity contribution in [2.24, 2.45) is 0 Å². The number of carboxylic acid groups (broad SMARTS) is 1. The lowest BCUT2D eigenvalue weighted by Crippen LogP contribution is -2.37. The Balaban J connectivity index is 2.37. The predicted octanol–water partition coefficient (Wildman–Crippen LogP) is 3.14. The number of nitriles is 1. The second kappa shape index (κ2) is 5.36. The molecule has 0 saturated carbocycles. The van der Waals surface area contributed by atoms with Crippen LogP contribution in [0.1, 0.15) is 42.1 Å².